The van der Waals surface area contributed by atoms with Crippen molar-refractivity contribution in [2.24, 2.45) is 5.14 Å². The highest BCUT2D eigenvalue weighted by Gasteiger charge is 2.09. The molecule has 1 aromatic rings. The van der Waals surface area contributed by atoms with Crippen molar-refractivity contribution in [3.63, 3.8) is 0 Å². The highest BCUT2D eigenvalue weighted by atomic mass is 79.9. The molecule has 0 saturated carbocycles. The summed E-state index contributed by atoms with van der Waals surface area (Å²) in [6.45, 7) is 0. The van der Waals surface area contributed by atoms with E-state index in [4.69, 9.17) is 9.88 Å². The monoisotopic (exact) mass is 265 g/mol. The lowest BCUT2D eigenvalue weighted by Crippen LogP contribution is -2.11. The molecule has 0 heterocycles. The van der Waals surface area contributed by atoms with Crippen LogP contribution in [0.2, 0.25) is 0 Å². The largest absolute Gasteiger partial charge is 0.496 e. The van der Waals surface area contributed by atoms with E-state index in [1.165, 1.54) is 25.3 Å². The first-order valence-corrected chi connectivity index (χ1v) is 5.65. The van der Waals surface area contributed by atoms with E-state index in [-0.39, 0.29) is 4.90 Å². The van der Waals surface area contributed by atoms with Crippen LogP contribution in [0.1, 0.15) is 0 Å². The standard InChI is InChI=1S/C7H8BrNO3S/c1-12-7-3-2-5(4-6(7)8)13(9,10)11/h2-4H,1H3,(H2,9,10,11). The minimum atomic E-state index is -3.64. The average molecular weight is 266 g/mol. The fourth-order valence-electron chi connectivity index (χ4n) is 0.824. The lowest BCUT2D eigenvalue weighted by atomic mass is 10.3. The smallest absolute Gasteiger partial charge is 0.238 e. The molecule has 0 aliphatic carbocycles. The molecule has 0 radical (unpaired) electrons. The summed E-state index contributed by atoms with van der Waals surface area (Å²) in [5.41, 5.74) is 0. The molecule has 2 N–H and O–H groups in total. The van der Waals surface area contributed by atoms with Crippen molar-refractivity contribution >= 4 is 26.0 Å². The van der Waals surface area contributed by atoms with Gasteiger partial charge in [-0.25, -0.2) is 13.6 Å². The summed E-state index contributed by atoms with van der Waals surface area (Å²) in [6.07, 6.45) is 0. The van der Waals surface area contributed by atoms with Crippen LogP contribution in [-0.4, -0.2) is 15.5 Å². The Hall–Kier alpha value is -0.590. The van der Waals surface area contributed by atoms with Crippen LogP contribution in [0.15, 0.2) is 27.6 Å². The fraction of sp³-hybridized carbons (Fsp3) is 0.143. The van der Waals surface area contributed by atoms with Crippen LogP contribution < -0.4 is 9.88 Å². The van der Waals surface area contributed by atoms with E-state index in [9.17, 15) is 8.42 Å². The number of methoxy groups -OCH3 is 1. The molecule has 0 atom stereocenters. The number of halogens is 1. The van der Waals surface area contributed by atoms with Gasteiger partial charge in [0.15, 0.2) is 0 Å². The van der Waals surface area contributed by atoms with E-state index in [0.29, 0.717) is 10.2 Å². The second-order valence-electron chi connectivity index (χ2n) is 2.34. The number of ether oxygens (including phenoxy) is 1. The number of primary sulfonamides is 1. The lowest BCUT2D eigenvalue weighted by molar-refractivity contribution is 0.411. The molecule has 1 rings (SSSR count). The van der Waals surface area contributed by atoms with E-state index in [0.717, 1.165) is 0 Å². The van der Waals surface area contributed by atoms with Crippen molar-refractivity contribution in [3.05, 3.63) is 22.7 Å². The van der Waals surface area contributed by atoms with Crippen molar-refractivity contribution in [2.75, 3.05) is 7.11 Å². The predicted molar refractivity (Wildman–Crippen MR) is 52.1 cm³/mol. The SMILES string of the molecule is COc1ccc(S(N)(=O)=O)cc1Br. The van der Waals surface area contributed by atoms with Crippen molar-refractivity contribution in [2.45, 2.75) is 4.90 Å². The van der Waals surface area contributed by atoms with Gasteiger partial charge in [0, 0.05) is 0 Å². The molecule has 0 aliphatic heterocycles. The molecular formula is C7H8BrNO3S. The quantitative estimate of drug-likeness (QED) is 0.871. The van der Waals surface area contributed by atoms with Gasteiger partial charge in [0.1, 0.15) is 5.75 Å². The molecule has 0 unspecified atom stereocenters. The second kappa shape index (κ2) is 3.65. The Kier molecular flexibility index (Phi) is 2.94. The van der Waals surface area contributed by atoms with Crippen LogP contribution in [0.4, 0.5) is 0 Å². The molecule has 0 bridgehead atoms. The maximum absolute atomic E-state index is 10.9. The first kappa shape index (κ1) is 10.5. The third-order valence-electron chi connectivity index (χ3n) is 1.45. The molecular weight excluding hydrogens is 258 g/mol. The molecule has 0 amide bonds. The number of benzene rings is 1. The Morgan fingerprint density at radius 2 is 2.08 bits per heavy atom. The Morgan fingerprint density at radius 3 is 2.46 bits per heavy atom. The van der Waals surface area contributed by atoms with Crippen molar-refractivity contribution in [1.82, 2.24) is 0 Å². The van der Waals surface area contributed by atoms with Crippen molar-refractivity contribution in [1.29, 1.82) is 0 Å². The zero-order chi connectivity index (χ0) is 10.1. The summed E-state index contributed by atoms with van der Waals surface area (Å²) in [5, 5.41) is 4.93. The average Bonchev–Trinajstić information content (AvgIpc) is 2.02. The molecule has 0 fully saturated rings. The number of rotatable bonds is 2. The van der Waals surface area contributed by atoms with Gasteiger partial charge in [-0.15, -0.1) is 0 Å². The zero-order valence-electron chi connectivity index (χ0n) is 6.82. The zero-order valence-corrected chi connectivity index (χ0v) is 9.22. The van der Waals surface area contributed by atoms with Gasteiger partial charge in [0.2, 0.25) is 10.0 Å². The number of nitrogens with two attached hydrogens (primary N) is 1. The van der Waals surface area contributed by atoms with Gasteiger partial charge in [-0.3, -0.25) is 0 Å². The van der Waals surface area contributed by atoms with Gasteiger partial charge >= 0.3 is 0 Å². The van der Waals surface area contributed by atoms with Crippen molar-refractivity contribution < 1.29 is 13.2 Å². The first-order chi connectivity index (χ1) is 5.95. The van der Waals surface area contributed by atoms with E-state index in [2.05, 4.69) is 15.9 Å². The Morgan fingerprint density at radius 1 is 1.46 bits per heavy atom. The Labute approximate surface area is 84.9 Å². The van der Waals surface area contributed by atoms with Crippen molar-refractivity contribution in [3.8, 4) is 5.75 Å². The van der Waals surface area contributed by atoms with E-state index < -0.39 is 10.0 Å². The van der Waals surface area contributed by atoms with Gasteiger partial charge in [-0.2, -0.15) is 0 Å². The fourth-order valence-corrected chi connectivity index (χ4v) is 2.06. The summed E-state index contributed by atoms with van der Waals surface area (Å²) in [6, 6.07) is 4.32. The summed E-state index contributed by atoms with van der Waals surface area (Å²) in [5.74, 6) is 0.562. The van der Waals surface area contributed by atoms with Crippen LogP contribution in [0.5, 0.6) is 5.75 Å². The molecule has 6 heteroatoms. The van der Waals surface area contributed by atoms with Crippen LogP contribution in [0, 0.1) is 0 Å². The van der Waals surface area contributed by atoms with Crippen LogP contribution in [0.3, 0.4) is 0 Å². The van der Waals surface area contributed by atoms with E-state index in [1.807, 2.05) is 0 Å². The Bertz CT molecular complexity index is 416. The van der Waals surface area contributed by atoms with E-state index >= 15 is 0 Å². The topological polar surface area (TPSA) is 69.4 Å². The first-order valence-electron chi connectivity index (χ1n) is 3.31. The number of sulfonamides is 1. The van der Waals surface area contributed by atoms with Gasteiger partial charge in [-0.05, 0) is 34.1 Å². The second-order valence-corrected chi connectivity index (χ2v) is 4.76. The summed E-state index contributed by atoms with van der Waals surface area (Å²) in [4.78, 5) is 0.0557. The minimum absolute atomic E-state index is 0.0557. The molecule has 13 heavy (non-hydrogen) atoms. The summed E-state index contributed by atoms with van der Waals surface area (Å²) in [7, 11) is -2.14. The maximum Gasteiger partial charge on any atom is 0.238 e. The molecule has 72 valence electrons. The van der Waals surface area contributed by atoms with Crippen LogP contribution in [-0.2, 0) is 10.0 Å². The third-order valence-corrected chi connectivity index (χ3v) is 2.98. The van der Waals surface area contributed by atoms with Crippen LogP contribution in [0.25, 0.3) is 0 Å². The maximum atomic E-state index is 10.9. The van der Waals surface area contributed by atoms with Gasteiger partial charge in [0.05, 0.1) is 16.5 Å². The highest BCUT2D eigenvalue weighted by molar-refractivity contribution is 9.10. The molecule has 0 aromatic heterocycles. The number of hydrogen-bond donors (Lipinski definition) is 1. The predicted octanol–water partition coefficient (Wildman–Crippen LogP) is 1.11. The minimum Gasteiger partial charge on any atom is -0.496 e. The lowest BCUT2D eigenvalue weighted by Gasteiger charge is -2.04. The molecule has 0 saturated heterocycles. The van der Waals surface area contributed by atoms with Gasteiger partial charge in [0.25, 0.3) is 0 Å². The molecule has 0 spiro atoms. The van der Waals surface area contributed by atoms with Crippen LogP contribution >= 0.6 is 15.9 Å². The Balaban J connectivity index is 3.26. The van der Waals surface area contributed by atoms with Gasteiger partial charge in [-0.1, -0.05) is 0 Å². The van der Waals surface area contributed by atoms with Gasteiger partial charge < -0.3 is 4.74 Å². The molecule has 4 nitrogen and oxygen atoms in total. The third kappa shape index (κ3) is 2.43. The summed E-state index contributed by atoms with van der Waals surface area (Å²) < 4.78 is 27.3. The normalized spacial score (nSPS) is 11.3. The highest BCUT2D eigenvalue weighted by Crippen LogP contribution is 2.26. The molecule has 1 aromatic carbocycles. The summed E-state index contributed by atoms with van der Waals surface area (Å²) >= 11 is 3.15. The number of hydrogen-bond acceptors (Lipinski definition) is 3. The molecule has 0 aliphatic rings. The van der Waals surface area contributed by atoms with E-state index in [1.54, 1.807) is 0 Å².